The molecule has 0 bridgehead atoms. The van der Waals surface area contributed by atoms with E-state index >= 15 is 0 Å². The van der Waals surface area contributed by atoms with Crippen LogP contribution in [-0.2, 0) is 14.4 Å². The molecule has 0 aliphatic carbocycles. The zero-order valence-electron chi connectivity index (χ0n) is 7.01. The third-order valence-corrected chi connectivity index (χ3v) is 1.66. The summed E-state index contributed by atoms with van der Waals surface area (Å²) in [6.07, 6.45) is -1.06. The predicted molar refractivity (Wildman–Crippen MR) is 42.4 cm³/mol. The number of carboxylic acids is 3. The summed E-state index contributed by atoms with van der Waals surface area (Å²) in [5.74, 6) is -4.97. The number of carboxylic acid groups (broad SMARTS) is 3. The Labute approximate surface area is 78.1 Å². The van der Waals surface area contributed by atoms with E-state index in [1.807, 2.05) is 0 Å². The Morgan fingerprint density at radius 2 is 1.64 bits per heavy atom. The van der Waals surface area contributed by atoms with Crippen LogP contribution in [0.25, 0.3) is 0 Å². The highest BCUT2D eigenvalue weighted by atomic mass is 16.4. The molecule has 7 N–H and O–H groups in total. The molecule has 0 saturated heterocycles. The van der Waals surface area contributed by atoms with Gasteiger partial charge in [0.2, 0.25) is 0 Å². The van der Waals surface area contributed by atoms with Crippen LogP contribution >= 0.6 is 0 Å². The van der Waals surface area contributed by atoms with E-state index in [0.29, 0.717) is 0 Å². The zero-order valence-corrected chi connectivity index (χ0v) is 7.01. The minimum absolute atomic E-state index is 1.06. The van der Waals surface area contributed by atoms with Gasteiger partial charge in [-0.2, -0.15) is 0 Å². The molecule has 0 aliphatic rings. The highest BCUT2D eigenvalue weighted by Crippen LogP contribution is 2.11. The van der Waals surface area contributed by atoms with Crippen molar-refractivity contribution in [3.63, 3.8) is 0 Å². The van der Waals surface area contributed by atoms with Gasteiger partial charge >= 0.3 is 17.9 Å². The molecule has 0 aromatic carbocycles. The van der Waals surface area contributed by atoms with E-state index in [1.54, 1.807) is 0 Å². The lowest BCUT2D eigenvalue weighted by molar-refractivity contribution is -0.155. The molecule has 2 atom stereocenters. The third kappa shape index (κ3) is 2.41. The maximum Gasteiger partial charge on any atom is 0.326 e. The Hall–Kier alpha value is -1.67. The molecule has 0 fully saturated rings. The van der Waals surface area contributed by atoms with Crippen LogP contribution in [0.15, 0.2) is 0 Å². The molecular weight excluding hydrogens is 196 g/mol. The second-order valence-electron chi connectivity index (χ2n) is 2.73. The summed E-state index contributed by atoms with van der Waals surface area (Å²) in [6, 6.07) is -1.98. The first-order valence-corrected chi connectivity index (χ1v) is 3.44. The maximum absolute atomic E-state index is 10.6. The van der Waals surface area contributed by atoms with E-state index in [0.717, 1.165) is 0 Å². The largest absolute Gasteiger partial charge is 0.481 e. The molecule has 14 heavy (non-hydrogen) atoms. The molecule has 0 aromatic rings. The molecular formula is C6H10N2O6. The van der Waals surface area contributed by atoms with Crippen molar-refractivity contribution in [2.75, 3.05) is 0 Å². The fraction of sp³-hybridized carbons (Fsp3) is 0.500. The van der Waals surface area contributed by atoms with Crippen LogP contribution in [0, 0.1) is 0 Å². The summed E-state index contributed by atoms with van der Waals surface area (Å²) >= 11 is 0. The van der Waals surface area contributed by atoms with Crippen LogP contribution in [0.5, 0.6) is 0 Å². The number of carbonyl (C=O) groups is 3. The quantitative estimate of drug-likeness (QED) is 0.333. The van der Waals surface area contributed by atoms with E-state index in [-0.39, 0.29) is 0 Å². The molecule has 0 aromatic heterocycles. The molecule has 0 radical (unpaired) electrons. The average molecular weight is 206 g/mol. The van der Waals surface area contributed by atoms with E-state index in [1.165, 1.54) is 0 Å². The topological polar surface area (TPSA) is 164 Å². The second-order valence-corrected chi connectivity index (χ2v) is 2.73. The van der Waals surface area contributed by atoms with E-state index in [9.17, 15) is 14.4 Å². The Kier molecular flexibility index (Phi) is 3.55. The van der Waals surface area contributed by atoms with Gasteiger partial charge in [-0.05, 0) is 0 Å². The molecule has 8 nitrogen and oxygen atoms in total. The SMILES string of the molecule is N[C@H](C(=O)O)[C@](N)(CC(=O)O)C(=O)O. The number of rotatable bonds is 5. The van der Waals surface area contributed by atoms with Crippen LogP contribution in [0.2, 0.25) is 0 Å². The Morgan fingerprint density at radius 1 is 1.21 bits per heavy atom. The zero-order chi connectivity index (χ0) is 11.5. The summed E-state index contributed by atoms with van der Waals surface area (Å²) in [6.45, 7) is 0. The molecule has 80 valence electrons. The van der Waals surface area contributed by atoms with Crippen LogP contribution < -0.4 is 11.5 Å². The van der Waals surface area contributed by atoms with E-state index in [4.69, 9.17) is 26.8 Å². The first kappa shape index (κ1) is 12.3. The fourth-order valence-electron chi connectivity index (χ4n) is 0.789. The van der Waals surface area contributed by atoms with Crippen LogP contribution in [-0.4, -0.2) is 44.8 Å². The summed E-state index contributed by atoms with van der Waals surface area (Å²) in [7, 11) is 0. The average Bonchev–Trinajstić information content (AvgIpc) is 2.00. The van der Waals surface area contributed by atoms with Crippen LogP contribution in [0.1, 0.15) is 6.42 Å². The van der Waals surface area contributed by atoms with Crippen molar-refractivity contribution >= 4 is 17.9 Å². The summed E-state index contributed by atoms with van der Waals surface area (Å²) in [4.78, 5) is 31.2. The Balaban J connectivity index is 4.99. The number of aliphatic carboxylic acids is 3. The molecule has 8 heteroatoms. The van der Waals surface area contributed by atoms with Crippen molar-refractivity contribution in [1.29, 1.82) is 0 Å². The van der Waals surface area contributed by atoms with Crippen molar-refractivity contribution in [2.24, 2.45) is 11.5 Å². The standard InChI is InChI=1S/C6H10N2O6/c7-3(4(11)12)6(8,5(13)14)1-2(9)10/h3H,1,7-8H2,(H,9,10)(H,11,12)(H,13,14)/t3-,6-/m1/s1. The van der Waals surface area contributed by atoms with Gasteiger partial charge in [0.1, 0.15) is 6.04 Å². The predicted octanol–water partition coefficient (Wildman–Crippen LogP) is -2.34. The van der Waals surface area contributed by atoms with Crippen LogP contribution in [0.4, 0.5) is 0 Å². The Morgan fingerprint density at radius 3 is 1.86 bits per heavy atom. The third-order valence-electron chi connectivity index (χ3n) is 1.66. The molecule has 0 saturated carbocycles. The monoisotopic (exact) mass is 206 g/mol. The summed E-state index contributed by atoms with van der Waals surface area (Å²) in [5.41, 5.74) is 7.57. The minimum Gasteiger partial charge on any atom is -0.481 e. The molecule has 0 heterocycles. The van der Waals surface area contributed by atoms with Gasteiger partial charge in [-0.25, -0.2) is 0 Å². The number of hydrogen-bond acceptors (Lipinski definition) is 5. The highest BCUT2D eigenvalue weighted by Gasteiger charge is 2.46. The molecule has 0 rings (SSSR count). The van der Waals surface area contributed by atoms with Crippen molar-refractivity contribution in [3.05, 3.63) is 0 Å². The van der Waals surface area contributed by atoms with E-state index in [2.05, 4.69) is 0 Å². The van der Waals surface area contributed by atoms with Crippen molar-refractivity contribution in [1.82, 2.24) is 0 Å². The number of hydrogen-bond donors (Lipinski definition) is 5. The molecule has 0 unspecified atom stereocenters. The van der Waals surface area contributed by atoms with Gasteiger partial charge in [-0.15, -0.1) is 0 Å². The van der Waals surface area contributed by atoms with Gasteiger partial charge < -0.3 is 26.8 Å². The minimum atomic E-state index is -2.50. The van der Waals surface area contributed by atoms with Gasteiger partial charge in [0.05, 0.1) is 6.42 Å². The smallest absolute Gasteiger partial charge is 0.326 e. The lowest BCUT2D eigenvalue weighted by atomic mass is 9.88. The first-order chi connectivity index (χ1) is 6.21. The Bertz CT molecular complexity index is 277. The van der Waals surface area contributed by atoms with Crippen LogP contribution in [0.3, 0.4) is 0 Å². The number of nitrogens with two attached hydrogens (primary N) is 2. The van der Waals surface area contributed by atoms with Gasteiger partial charge in [-0.3, -0.25) is 14.4 Å². The van der Waals surface area contributed by atoms with Crippen molar-refractivity contribution < 1.29 is 29.7 Å². The second kappa shape index (κ2) is 4.03. The summed E-state index contributed by atoms with van der Waals surface area (Å²) < 4.78 is 0. The summed E-state index contributed by atoms with van der Waals surface area (Å²) in [5, 5.41) is 25.3. The van der Waals surface area contributed by atoms with Gasteiger partial charge in [-0.1, -0.05) is 0 Å². The molecule has 0 aliphatic heterocycles. The maximum atomic E-state index is 10.6. The molecule has 0 spiro atoms. The van der Waals surface area contributed by atoms with Gasteiger partial charge in [0.25, 0.3) is 0 Å². The lowest BCUT2D eigenvalue weighted by Crippen LogP contribution is -2.64. The fourth-order valence-corrected chi connectivity index (χ4v) is 0.789. The van der Waals surface area contributed by atoms with E-state index < -0.39 is 35.9 Å². The highest BCUT2D eigenvalue weighted by molar-refractivity contribution is 5.92. The normalized spacial score (nSPS) is 16.7. The molecule has 0 amide bonds. The van der Waals surface area contributed by atoms with Crippen molar-refractivity contribution in [2.45, 2.75) is 18.0 Å². The van der Waals surface area contributed by atoms with Gasteiger partial charge in [0, 0.05) is 0 Å². The van der Waals surface area contributed by atoms with Crippen molar-refractivity contribution in [3.8, 4) is 0 Å². The lowest BCUT2D eigenvalue weighted by Gasteiger charge is -2.26. The first-order valence-electron chi connectivity index (χ1n) is 3.44. The van der Waals surface area contributed by atoms with Gasteiger partial charge in [0.15, 0.2) is 5.54 Å².